The number of imidazole rings is 1. The average Bonchev–Trinajstić information content (AvgIpc) is 3.21. The van der Waals surface area contributed by atoms with Gasteiger partial charge in [0.25, 0.3) is 0 Å². The van der Waals surface area contributed by atoms with Gasteiger partial charge in [-0.15, -0.1) is 0 Å². The topological polar surface area (TPSA) is 86.1 Å². The number of ether oxygens (including phenoxy) is 2. The van der Waals surface area contributed by atoms with Gasteiger partial charge in [0.15, 0.2) is 11.5 Å². The van der Waals surface area contributed by atoms with E-state index < -0.39 is 11.7 Å². The first-order valence-electron chi connectivity index (χ1n) is 11.3. The van der Waals surface area contributed by atoms with E-state index in [1.165, 1.54) is 20.3 Å². The number of aryl methyl sites for hydroxylation is 1. The number of aromatic nitrogens is 4. The third kappa shape index (κ3) is 4.80. The SMILES string of the molecule is COc1cc2nc(Nc3nc4ccccc4n3C)nc(NCc3cccc(C(F)(F)F)c3)c2cc1OC. The van der Waals surface area contributed by atoms with Gasteiger partial charge in [-0.25, -0.2) is 9.97 Å². The highest BCUT2D eigenvalue weighted by Crippen LogP contribution is 2.35. The minimum Gasteiger partial charge on any atom is -0.493 e. The highest BCUT2D eigenvalue weighted by Gasteiger charge is 2.30. The molecule has 37 heavy (non-hydrogen) atoms. The molecule has 11 heteroatoms. The number of para-hydroxylation sites is 2. The van der Waals surface area contributed by atoms with Gasteiger partial charge in [0, 0.05) is 25.0 Å². The number of alkyl halides is 3. The molecular weight excluding hydrogens is 485 g/mol. The maximum absolute atomic E-state index is 13.2. The summed E-state index contributed by atoms with van der Waals surface area (Å²) < 4.78 is 52.3. The second-order valence-electron chi connectivity index (χ2n) is 8.28. The van der Waals surface area contributed by atoms with Crippen LogP contribution < -0.4 is 20.1 Å². The fourth-order valence-corrected chi connectivity index (χ4v) is 4.05. The third-order valence-corrected chi connectivity index (χ3v) is 5.93. The number of benzene rings is 3. The zero-order valence-electron chi connectivity index (χ0n) is 20.2. The highest BCUT2D eigenvalue weighted by atomic mass is 19.4. The average molecular weight is 509 g/mol. The second kappa shape index (κ2) is 9.49. The summed E-state index contributed by atoms with van der Waals surface area (Å²) in [5.41, 5.74) is 2.02. The van der Waals surface area contributed by atoms with Crippen molar-refractivity contribution in [3.05, 3.63) is 71.8 Å². The largest absolute Gasteiger partial charge is 0.493 e. The van der Waals surface area contributed by atoms with Gasteiger partial charge in [-0.3, -0.25) is 5.32 Å². The van der Waals surface area contributed by atoms with Crippen molar-refractivity contribution in [2.24, 2.45) is 7.05 Å². The lowest BCUT2D eigenvalue weighted by Crippen LogP contribution is -2.09. The van der Waals surface area contributed by atoms with Gasteiger partial charge >= 0.3 is 6.18 Å². The monoisotopic (exact) mass is 508 g/mol. The van der Waals surface area contributed by atoms with Crippen molar-refractivity contribution in [1.82, 2.24) is 19.5 Å². The molecule has 0 saturated heterocycles. The lowest BCUT2D eigenvalue weighted by Gasteiger charge is -2.15. The van der Waals surface area contributed by atoms with E-state index in [-0.39, 0.29) is 12.5 Å². The molecule has 3 aromatic carbocycles. The lowest BCUT2D eigenvalue weighted by molar-refractivity contribution is -0.137. The smallest absolute Gasteiger partial charge is 0.416 e. The van der Waals surface area contributed by atoms with E-state index >= 15 is 0 Å². The van der Waals surface area contributed by atoms with Gasteiger partial charge in [-0.1, -0.05) is 24.3 Å². The molecular formula is C26H23F3N6O2. The number of hydrogen-bond acceptors (Lipinski definition) is 7. The van der Waals surface area contributed by atoms with Crippen LogP contribution in [0.2, 0.25) is 0 Å². The maximum Gasteiger partial charge on any atom is 0.416 e. The molecule has 8 nitrogen and oxygen atoms in total. The summed E-state index contributed by atoms with van der Waals surface area (Å²) in [6, 6.07) is 16.3. The summed E-state index contributed by atoms with van der Waals surface area (Å²) in [7, 11) is 4.91. The van der Waals surface area contributed by atoms with E-state index in [1.807, 2.05) is 35.9 Å². The fourth-order valence-electron chi connectivity index (χ4n) is 4.05. The number of halogens is 3. The van der Waals surface area contributed by atoms with Crippen molar-refractivity contribution in [3.63, 3.8) is 0 Å². The van der Waals surface area contributed by atoms with Crippen molar-refractivity contribution in [1.29, 1.82) is 0 Å². The van der Waals surface area contributed by atoms with E-state index in [2.05, 4.69) is 25.6 Å². The van der Waals surface area contributed by atoms with E-state index in [0.29, 0.717) is 39.7 Å². The van der Waals surface area contributed by atoms with Crippen molar-refractivity contribution in [2.45, 2.75) is 12.7 Å². The molecule has 5 rings (SSSR count). The molecule has 0 spiro atoms. The van der Waals surface area contributed by atoms with Gasteiger partial charge in [-0.2, -0.15) is 18.2 Å². The van der Waals surface area contributed by atoms with Crippen LogP contribution in [0.5, 0.6) is 11.5 Å². The molecule has 0 atom stereocenters. The first kappa shape index (κ1) is 24.2. The fraction of sp³-hybridized carbons (Fsp3) is 0.192. The summed E-state index contributed by atoms with van der Waals surface area (Å²) in [4.78, 5) is 13.9. The van der Waals surface area contributed by atoms with Gasteiger partial charge in [0.05, 0.1) is 36.3 Å². The van der Waals surface area contributed by atoms with Crippen molar-refractivity contribution in [2.75, 3.05) is 24.9 Å². The molecule has 0 saturated carbocycles. The zero-order valence-corrected chi connectivity index (χ0v) is 20.2. The summed E-state index contributed by atoms with van der Waals surface area (Å²) in [6.07, 6.45) is -4.43. The molecule has 0 fully saturated rings. The van der Waals surface area contributed by atoms with Crippen LogP contribution in [0.15, 0.2) is 60.7 Å². The molecule has 0 radical (unpaired) electrons. The van der Waals surface area contributed by atoms with E-state index in [0.717, 1.165) is 23.2 Å². The quantitative estimate of drug-likeness (QED) is 0.283. The number of anilines is 3. The van der Waals surface area contributed by atoms with Crippen LogP contribution in [0.25, 0.3) is 21.9 Å². The first-order valence-corrected chi connectivity index (χ1v) is 11.3. The van der Waals surface area contributed by atoms with Gasteiger partial charge in [-0.05, 0) is 35.9 Å². The number of rotatable bonds is 7. The van der Waals surface area contributed by atoms with Gasteiger partial charge < -0.3 is 19.4 Å². The second-order valence-corrected chi connectivity index (χ2v) is 8.28. The van der Waals surface area contributed by atoms with Crippen molar-refractivity contribution >= 4 is 39.7 Å². The van der Waals surface area contributed by atoms with Crippen LogP contribution in [0.3, 0.4) is 0 Å². The van der Waals surface area contributed by atoms with Gasteiger partial charge in [0.2, 0.25) is 11.9 Å². The summed E-state index contributed by atoms with van der Waals surface area (Å²) >= 11 is 0. The Kier molecular flexibility index (Phi) is 6.20. The minimum absolute atomic E-state index is 0.107. The summed E-state index contributed by atoms with van der Waals surface area (Å²) in [6.45, 7) is 0.107. The third-order valence-electron chi connectivity index (χ3n) is 5.93. The number of nitrogens with zero attached hydrogens (tertiary/aromatic N) is 4. The standard InChI is InChI=1S/C26H23F3N6O2/c1-35-20-10-5-4-9-18(20)32-25(35)34-24-31-19-13-22(37-3)21(36-2)12-17(19)23(33-24)30-14-15-7-6-8-16(11-15)26(27,28)29/h4-13H,14H2,1-3H3,(H2,30,31,32,33,34). The normalized spacial score (nSPS) is 11.6. The molecule has 0 unspecified atom stereocenters. The predicted octanol–water partition coefficient (Wildman–Crippen LogP) is 5.91. The Balaban J connectivity index is 1.55. The molecule has 2 N–H and O–H groups in total. The Hall–Kier alpha value is -4.54. The summed E-state index contributed by atoms with van der Waals surface area (Å²) in [5.74, 6) is 2.14. The maximum atomic E-state index is 13.2. The highest BCUT2D eigenvalue weighted by molar-refractivity contribution is 5.93. The van der Waals surface area contributed by atoms with Crippen LogP contribution in [-0.2, 0) is 19.8 Å². The number of methoxy groups -OCH3 is 2. The molecule has 5 aromatic rings. The molecule has 0 aliphatic rings. The van der Waals surface area contributed by atoms with Gasteiger partial charge in [0.1, 0.15) is 5.82 Å². The Morgan fingerprint density at radius 1 is 0.865 bits per heavy atom. The number of nitrogens with one attached hydrogen (secondary N) is 2. The molecule has 0 bridgehead atoms. The summed E-state index contributed by atoms with van der Waals surface area (Å²) in [5, 5.41) is 6.92. The first-order chi connectivity index (χ1) is 17.8. The Morgan fingerprint density at radius 3 is 2.35 bits per heavy atom. The minimum atomic E-state index is -4.43. The molecule has 0 amide bonds. The van der Waals surface area contributed by atoms with Crippen LogP contribution in [0.4, 0.5) is 30.9 Å². The molecule has 0 aliphatic carbocycles. The lowest BCUT2D eigenvalue weighted by atomic mass is 10.1. The predicted molar refractivity (Wildman–Crippen MR) is 135 cm³/mol. The Labute approximate surface area is 210 Å². The van der Waals surface area contributed by atoms with Crippen LogP contribution in [-0.4, -0.2) is 33.7 Å². The Morgan fingerprint density at radius 2 is 1.62 bits per heavy atom. The zero-order chi connectivity index (χ0) is 26.2. The molecule has 2 aromatic heterocycles. The molecule has 190 valence electrons. The number of fused-ring (bicyclic) bond motifs is 2. The van der Waals surface area contributed by atoms with Crippen LogP contribution in [0, 0.1) is 0 Å². The van der Waals surface area contributed by atoms with E-state index in [1.54, 1.807) is 18.2 Å². The van der Waals surface area contributed by atoms with Crippen LogP contribution in [0.1, 0.15) is 11.1 Å². The number of hydrogen-bond donors (Lipinski definition) is 2. The van der Waals surface area contributed by atoms with E-state index in [9.17, 15) is 13.2 Å². The van der Waals surface area contributed by atoms with Crippen LogP contribution >= 0.6 is 0 Å². The molecule has 0 aliphatic heterocycles. The van der Waals surface area contributed by atoms with Crippen molar-refractivity contribution < 1.29 is 22.6 Å². The molecule has 2 heterocycles. The van der Waals surface area contributed by atoms with E-state index in [4.69, 9.17) is 9.47 Å². The van der Waals surface area contributed by atoms with Crippen molar-refractivity contribution in [3.8, 4) is 11.5 Å². The Bertz CT molecular complexity index is 1600.